The number of nitrogens with two attached hydrogens (primary N) is 1. The number of hydrogen-bond acceptors (Lipinski definition) is 7. The average molecular weight is 363 g/mol. The van der Waals surface area contributed by atoms with Gasteiger partial charge in [0, 0.05) is 19.8 Å². The summed E-state index contributed by atoms with van der Waals surface area (Å²) < 4.78 is 18.5. The van der Waals surface area contributed by atoms with E-state index in [2.05, 4.69) is 21.9 Å². The highest BCUT2D eigenvalue weighted by Gasteiger charge is 2.18. The van der Waals surface area contributed by atoms with Crippen molar-refractivity contribution in [3.63, 3.8) is 0 Å². The Morgan fingerprint density at radius 2 is 2.12 bits per heavy atom. The molecule has 0 aromatic carbocycles. The molecule has 2 aromatic heterocycles. The van der Waals surface area contributed by atoms with Crippen LogP contribution in [0, 0.1) is 5.92 Å². The number of aromatic nitrogens is 4. The van der Waals surface area contributed by atoms with Gasteiger partial charge in [-0.1, -0.05) is 19.8 Å². The number of nitrogens with zero attached hydrogens (tertiary/aromatic N) is 4. The Kier molecular flexibility index (Phi) is 6.49. The lowest BCUT2D eigenvalue weighted by Gasteiger charge is -2.10. The van der Waals surface area contributed by atoms with E-state index in [1.807, 2.05) is 4.57 Å². The molecule has 1 unspecified atom stereocenters. The molecule has 1 fully saturated rings. The van der Waals surface area contributed by atoms with Crippen molar-refractivity contribution in [3.8, 4) is 12.0 Å². The molecule has 1 atom stereocenters. The molecule has 3 heterocycles. The summed E-state index contributed by atoms with van der Waals surface area (Å²) >= 11 is 0. The number of methoxy groups -OCH3 is 1. The lowest BCUT2D eigenvalue weighted by atomic mass is 10.0. The minimum Gasteiger partial charge on any atom is -0.468 e. The molecule has 1 aliphatic rings. The van der Waals surface area contributed by atoms with Gasteiger partial charge >= 0.3 is 6.01 Å². The maximum absolute atomic E-state index is 6.06. The second-order valence-electron chi connectivity index (χ2n) is 6.74. The number of anilines is 1. The first-order valence-electron chi connectivity index (χ1n) is 9.51. The number of aryl methyl sites for hydroxylation is 1. The van der Waals surface area contributed by atoms with Crippen molar-refractivity contribution in [1.29, 1.82) is 0 Å². The number of nitrogen functional groups attached to an aromatic ring is 1. The van der Waals surface area contributed by atoms with E-state index in [0.29, 0.717) is 41.5 Å². The summed E-state index contributed by atoms with van der Waals surface area (Å²) in [6, 6.07) is 0.811. The average Bonchev–Trinajstić information content (AvgIpc) is 3.27. The molecule has 0 amide bonds. The van der Waals surface area contributed by atoms with Gasteiger partial charge in [0.1, 0.15) is 0 Å². The zero-order valence-corrected chi connectivity index (χ0v) is 15.7. The Hall–Kier alpha value is -2.09. The second-order valence-corrected chi connectivity index (χ2v) is 6.74. The first-order chi connectivity index (χ1) is 12.7. The minimum atomic E-state index is 0.301. The molecule has 8 nitrogen and oxygen atoms in total. The van der Waals surface area contributed by atoms with Crippen LogP contribution in [-0.4, -0.2) is 46.4 Å². The van der Waals surface area contributed by atoms with E-state index in [9.17, 15) is 0 Å². The normalized spacial score (nSPS) is 17.1. The maximum atomic E-state index is 6.06. The van der Waals surface area contributed by atoms with Gasteiger partial charge < -0.3 is 19.9 Å². The third-order valence-corrected chi connectivity index (χ3v) is 4.75. The number of ether oxygens (including phenoxy) is 3. The zero-order valence-electron chi connectivity index (χ0n) is 15.7. The fraction of sp³-hybridized carbons (Fsp3) is 0.722. The highest BCUT2D eigenvalue weighted by Crippen LogP contribution is 2.26. The summed E-state index contributed by atoms with van der Waals surface area (Å²) in [4.78, 5) is 13.2. The number of imidazole rings is 1. The van der Waals surface area contributed by atoms with Crippen molar-refractivity contribution in [3.05, 3.63) is 0 Å². The Morgan fingerprint density at radius 1 is 1.23 bits per heavy atom. The van der Waals surface area contributed by atoms with Crippen LogP contribution in [0.2, 0.25) is 0 Å². The van der Waals surface area contributed by atoms with Crippen molar-refractivity contribution in [2.75, 3.05) is 32.7 Å². The van der Waals surface area contributed by atoms with Crippen LogP contribution in [0.3, 0.4) is 0 Å². The zero-order chi connectivity index (χ0) is 18.4. The van der Waals surface area contributed by atoms with Gasteiger partial charge in [-0.05, 0) is 31.6 Å². The second kappa shape index (κ2) is 9.02. The molecule has 3 rings (SSSR count). The Morgan fingerprint density at radius 3 is 2.85 bits per heavy atom. The van der Waals surface area contributed by atoms with Crippen LogP contribution in [0.4, 0.5) is 5.82 Å². The van der Waals surface area contributed by atoms with Crippen molar-refractivity contribution in [2.45, 2.75) is 52.0 Å². The molecular weight excluding hydrogens is 334 g/mol. The van der Waals surface area contributed by atoms with E-state index in [-0.39, 0.29) is 0 Å². The number of unbranched alkanes of at least 4 members (excludes halogenated alkanes) is 2. The van der Waals surface area contributed by atoms with Crippen LogP contribution in [0.25, 0.3) is 11.2 Å². The molecule has 0 bridgehead atoms. The van der Waals surface area contributed by atoms with Crippen LogP contribution in [0.15, 0.2) is 0 Å². The first-order valence-corrected chi connectivity index (χ1v) is 9.51. The van der Waals surface area contributed by atoms with Gasteiger partial charge in [0.15, 0.2) is 17.0 Å². The van der Waals surface area contributed by atoms with Gasteiger partial charge in [-0.25, -0.2) is 0 Å². The fourth-order valence-corrected chi connectivity index (χ4v) is 3.22. The summed E-state index contributed by atoms with van der Waals surface area (Å²) in [7, 11) is 1.61. The summed E-state index contributed by atoms with van der Waals surface area (Å²) in [5, 5.41) is 0. The van der Waals surface area contributed by atoms with Gasteiger partial charge in [-0.3, -0.25) is 4.57 Å². The largest absolute Gasteiger partial charge is 0.468 e. The van der Waals surface area contributed by atoms with E-state index in [1.165, 1.54) is 12.8 Å². The predicted octanol–water partition coefficient (Wildman–Crippen LogP) is 2.80. The topological polar surface area (TPSA) is 97.3 Å². The molecule has 1 saturated heterocycles. The molecule has 0 spiro atoms. The number of hydrogen-bond donors (Lipinski definition) is 1. The van der Waals surface area contributed by atoms with Gasteiger partial charge in [0.2, 0.25) is 0 Å². The molecule has 2 aromatic rings. The van der Waals surface area contributed by atoms with Gasteiger partial charge in [-0.15, -0.1) is 0 Å². The van der Waals surface area contributed by atoms with E-state index < -0.39 is 0 Å². The van der Waals surface area contributed by atoms with Gasteiger partial charge in [0.05, 0.1) is 13.7 Å². The predicted molar refractivity (Wildman–Crippen MR) is 99.5 cm³/mol. The van der Waals surface area contributed by atoms with Crippen LogP contribution in [-0.2, 0) is 11.3 Å². The van der Waals surface area contributed by atoms with Crippen LogP contribution in [0.1, 0.15) is 45.4 Å². The minimum absolute atomic E-state index is 0.301. The SMILES string of the molecule is CCCCOc1nc(N)c2nc(OC)n(CCCCC3CCOC3)c2n1. The van der Waals surface area contributed by atoms with Crippen molar-refractivity contribution in [1.82, 2.24) is 19.5 Å². The highest BCUT2D eigenvalue weighted by atomic mass is 16.5. The monoisotopic (exact) mass is 363 g/mol. The molecule has 0 saturated carbocycles. The maximum Gasteiger partial charge on any atom is 0.320 e. The molecular formula is C18H29N5O3. The first kappa shape index (κ1) is 18.7. The van der Waals surface area contributed by atoms with Gasteiger partial charge in [0.25, 0.3) is 6.01 Å². The van der Waals surface area contributed by atoms with Crippen molar-refractivity contribution < 1.29 is 14.2 Å². The quantitative estimate of drug-likeness (QED) is 0.648. The van der Waals surface area contributed by atoms with Gasteiger partial charge in [-0.2, -0.15) is 15.0 Å². The van der Waals surface area contributed by atoms with E-state index >= 15 is 0 Å². The fourth-order valence-electron chi connectivity index (χ4n) is 3.22. The molecule has 1 aliphatic heterocycles. The summed E-state index contributed by atoms with van der Waals surface area (Å²) in [6.07, 6.45) is 6.53. The molecule has 2 N–H and O–H groups in total. The standard InChI is InChI=1S/C18H29N5O3/c1-3-4-10-26-17-21-15(19)14-16(22-17)23(18(20-14)24-2)9-6-5-7-13-8-11-25-12-13/h13H,3-12H2,1-2H3,(H2,19,21,22). The molecule has 144 valence electrons. The molecule has 0 aliphatic carbocycles. The smallest absolute Gasteiger partial charge is 0.320 e. The van der Waals surface area contributed by atoms with Crippen molar-refractivity contribution >= 4 is 17.0 Å². The summed E-state index contributed by atoms with van der Waals surface area (Å²) in [5.74, 6) is 1.02. The van der Waals surface area contributed by atoms with E-state index in [4.69, 9.17) is 19.9 Å². The third kappa shape index (κ3) is 4.35. The number of fused-ring (bicyclic) bond motifs is 1. The van der Waals surface area contributed by atoms with Crippen molar-refractivity contribution in [2.24, 2.45) is 5.92 Å². The lowest BCUT2D eigenvalue weighted by Crippen LogP contribution is -2.07. The number of rotatable bonds is 10. The third-order valence-electron chi connectivity index (χ3n) is 4.75. The highest BCUT2D eigenvalue weighted by molar-refractivity contribution is 5.83. The van der Waals surface area contributed by atoms with E-state index in [1.54, 1.807) is 7.11 Å². The molecule has 8 heteroatoms. The van der Waals surface area contributed by atoms with E-state index in [0.717, 1.165) is 45.4 Å². The summed E-state index contributed by atoms with van der Waals surface area (Å²) in [6.45, 7) is 5.27. The lowest BCUT2D eigenvalue weighted by molar-refractivity contribution is 0.183. The Balaban J connectivity index is 1.71. The van der Waals surface area contributed by atoms with Crippen LogP contribution < -0.4 is 15.2 Å². The van der Waals surface area contributed by atoms with Crippen LogP contribution >= 0.6 is 0 Å². The Bertz CT molecular complexity index is 712. The molecule has 26 heavy (non-hydrogen) atoms. The summed E-state index contributed by atoms with van der Waals surface area (Å²) in [5.41, 5.74) is 7.29. The molecule has 0 radical (unpaired) electrons. The van der Waals surface area contributed by atoms with Crippen LogP contribution in [0.5, 0.6) is 12.0 Å². The Labute approximate surface area is 154 Å².